The van der Waals surface area contributed by atoms with Crippen molar-refractivity contribution >= 4 is 35.0 Å². The average molecular weight is 258 g/mol. The van der Waals surface area contributed by atoms with Crippen molar-refractivity contribution in [2.45, 2.75) is 11.3 Å². The summed E-state index contributed by atoms with van der Waals surface area (Å²) in [6.07, 6.45) is 0.173. The lowest BCUT2D eigenvalue weighted by atomic mass is 10.2. The molecule has 0 amide bonds. The van der Waals surface area contributed by atoms with E-state index in [0.717, 1.165) is 27.9 Å². The number of hydrogen-bond donors (Lipinski definition) is 1. The second kappa shape index (κ2) is 4.97. The van der Waals surface area contributed by atoms with Crippen molar-refractivity contribution in [3.63, 3.8) is 0 Å². The van der Waals surface area contributed by atoms with Crippen molar-refractivity contribution in [1.29, 1.82) is 0 Å². The van der Waals surface area contributed by atoms with Gasteiger partial charge in [0.1, 0.15) is 0 Å². The van der Waals surface area contributed by atoms with Gasteiger partial charge in [-0.3, -0.25) is 4.79 Å². The minimum atomic E-state index is -0.756. The third-order valence-electron chi connectivity index (χ3n) is 2.48. The molecule has 0 saturated heterocycles. The molecule has 3 nitrogen and oxygen atoms in total. The summed E-state index contributed by atoms with van der Waals surface area (Å²) in [5.41, 5.74) is 1.10. The van der Waals surface area contributed by atoms with Gasteiger partial charge in [-0.2, -0.15) is 0 Å². The maximum Gasteiger partial charge on any atom is 0.305 e. The van der Waals surface area contributed by atoms with Gasteiger partial charge in [0, 0.05) is 28.8 Å². The fourth-order valence-electron chi connectivity index (χ4n) is 1.71. The lowest BCUT2D eigenvalue weighted by molar-refractivity contribution is -0.136. The Hall–Kier alpha value is -0.870. The number of carboxylic acid groups (broad SMARTS) is 1. The number of halogens is 1. The number of carbonyl (C=O) groups is 1. The molecular weight excluding hydrogens is 246 g/mol. The molecule has 2 rings (SSSR count). The van der Waals surface area contributed by atoms with Crippen LogP contribution in [0.15, 0.2) is 23.1 Å². The highest BCUT2D eigenvalue weighted by Crippen LogP contribution is 2.36. The summed E-state index contributed by atoms with van der Waals surface area (Å²) in [7, 11) is 0. The van der Waals surface area contributed by atoms with Gasteiger partial charge >= 0.3 is 5.97 Å². The van der Waals surface area contributed by atoms with E-state index >= 15 is 0 Å². The van der Waals surface area contributed by atoms with Crippen LogP contribution >= 0.6 is 23.4 Å². The van der Waals surface area contributed by atoms with Gasteiger partial charge in [-0.05, 0) is 18.2 Å². The van der Waals surface area contributed by atoms with E-state index in [-0.39, 0.29) is 6.42 Å². The molecule has 1 aliphatic heterocycles. The summed E-state index contributed by atoms with van der Waals surface area (Å²) in [4.78, 5) is 13.8. The first-order valence-corrected chi connectivity index (χ1v) is 6.42. The summed E-state index contributed by atoms with van der Waals surface area (Å²) in [5.74, 6) is 0.223. The van der Waals surface area contributed by atoms with Gasteiger partial charge in [0.2, 0.25) is 0 Å². The van der Waals surface area contributed by atoms with E-state index in [9.17, 15) is 4.79 Å². The Labute approximate surface area is 103 Å². The Balaban J connectivity index is 2.16. The SMILES string of the molecule is O=C(O)CCN1CCSc2cc(Cl)ccc21. The Morgan fingerprint density at radius 2 is 2.38 bits per heavy atom. The van der Waals surface area contributed by atoms with Crippen LogP contribution in [0.2, 0.25) is 5.02 Å². The quantitative estimate of drug-likeness (QED) is 0.904. The number of hydrogen-bond acceptors (Lipinski definition) is 3. The number of benzene rings is 1. The minimum Gasteiger partial charge on any atom is -0.481 e. The van der Waals surface area contributed by atoms with E-state index in [1.54, 1.807) is 11.8 Å². The summed E-state index contributed by atoms with van der Waals surface area (Å²) in [6.45, 7) is 1.46. The molecule has 86 valence electrons. The molecule has 0 aromatic heterocycles. The van der Waals surface area contributed by atoms with Crippen molar-refractivity contribution in [1.82, 2.24) is 0 Å². The summed E-state index contributed by atoms with van der Waals surface area (Å²) < 4.78 is 0. The molecule has 0 bridgehead atoms. The van der Waals surface area contributed by atoms with E-state index in [0.29, 0.717) is 6.54 Å². The molecule has 0 aliphatic carbocycles. The predicted octanol–water partition coefficient (Wildman–Crippen LogP) is 2.73. The zero-order valence-electron chi connectivity index (χ0n) is 8.65. The van der Waals surface area contributed by atoms with E-state index in [1.807, 2.05) is 18.2 Å². The summed E-state index contributed by atoms with van der Waals surface area (Å²) in [5, 5.41) is 9.41. The largest absolute Gasteiger partial charge is 0.481 e. The number of nitrogens with zero attached hydrogens (tertiary/aromatic N) is 1. The number of carboxylic acids is 1. The van der Waals surface area contributed by atoms with Crippen LogP contribution in [0.5, 0.6) is 0 Å². The van der Waals surface area contributed by atoms with E-state index < -0.39 is 5.97 Å². The smallest absolute Gasteiger partial charge is 0.305 e. The van der Waals surface area contributed by atoms with Crippen molar-refractivity contribution in [3.05, 3.63) is 23.2 Å². The fourth-order valence-corrected chi connectivity index (χ4v) is 3.04. The summed E-state index contributed by atoms with van der Waals surface area (Å²) in [6, 6.07) is 5.75. The molecule has 0 radical (unpaired) electrons. The Morgan fingerprint density at radius 1 is 1.56 bits per heavy atom. The molecular formula is C11H12ClNO2S. The molecule has 1 aromatic rings. The van der Waals surface area contributed by atoms with E-state index in [1.165, 1.54) is 0 Å². The van der Waals surface area contributed by atoms with Gasteiger partial charge in [0.25, 0.3) is 0 Å². The van der Waals surface area contributed by atoms with Crippen LogP contribution < -0.4 is 4.90 Å². The Bertz CT molecular complexity index is 411. The lowest BCUT2D eigenvalue weighted by Gasteiger charge is -2.30. The molecule has 0 atom stereocenters. The minimum absolute atomic E-state index is 0.173. The first kappa shape index (κ1) is 11.6. The maximum absolute atomic E-state index is 10.6. The number of aliphatic carboxylic acids is 1. The van der Waals surface area contributed by atoms with E-state index in [2.05, 4.69) is 4.90 Å². The first-order chi connectivity index (χ1) is 7.66. The van der Waals surface area contributed by atoms with Gasteiger partial charge < -0.3 is 10.0 Å². The van der Waals surface area contributed by atoms with Crippen LogP contribution in [-0.4, -0.2) is 29.9 Å². The van der Waals surface area contributed by atoms with Crippen LogP contribution in [0.3, 0.4) is 0 Å². The zero-order valence-corrected chi connectivity index (χ0v) is 10.2. The third kappa shape index (κ3) is 2.62. The van der Waals surface area contributed by atoms with Crippen LogP contribution in [0.4, 0.5) is 5.69 Å². The Morgan fingerprint density at radius 3 is 3.12 bits per heavy atom. The molecule has 5 heteroatoms. The normalized spacial score (nSPS) is 14.7. The van der Waals surface area contributed by atoms with Crippen LogP contribution in [0, 0.1) is 0 Å². The van der Waals surface area contributed by atoms with Crippen molar-refractivity contribution in [2.75, 3.05) is 23.7 Å². The highest BCUT2D eigenvalue weighted by Gasteiger charge is 2.17. The van der Waals surface area contributed by atoms with Gasteiger partial charge in [0.05, 0.1) is 12.1 Å². The van der Waals surface area contributed by atoms with Gasteiger partial charge in [-0.1, -0.05) is 11.6 Å². The molecule has 1 heterocycles. The number of fused-ring (bicyclic) bond motifs is 1. The average Bonchev–Trinajstić information content (AvgIpc) is 2.25. The predicted molar refractivity (Wildman–Crippen MR) is 66.6 cm³/mol. The molecule has 1 aliphatic rings. The molecule has 0 unspecified atom stereocenters. The highest BCUT2D eigenvalue weighted by atomic mass is 35.5. The van der Waals surface area contributed by atoms with Crippen LogP contribution in [0.25, 0.3) is 0 Å². The first-order valence-electron chi connectivity index (χ1n) is 5.06. The number of thioether (sulfide) groups is 1. The van der Waals surface area contributed by atoms with Crippen molar-refractivity contribution in [3.8, 4) is 0 Å². The van der Waals surface area contributed by atoms with E-state index in [4.69, 9.17) is 16.7 Å². The van der Waals surface area contributed by atoms with Crippen molar-refractivity contribution in [2.24, 2.45) is 0 Å². The van der Waals surface area contributed by atoms with Crippen LogP contribution in [0.1, 0.15) is 6.42 Å². The molecule has 0 spiro atoms. The number of anilines is 1. The standard InChI is InChI=1S/C11H12ClNO2S/c12-8-1-2-9-10(7-8)16-6-5-13(9)4-3-11(14)15/h1-2,7H,3-6H2,(H,14,15). The molecule has 0 fully saturated rings. The number of rotatable bonds is 3. The topological polar surface area (TPSA) is 40.5 Å². The third-order valence-corrected chi connectivity index (χ3v) is 3.74. The Kier molecular flexibility index (Phi) is 3.61. The van der Waals surface area contributed by atoms with Gasteiger partial charge in [-0.25, -0.2) is 0 Å². The maximum atomic E-state index is 10.6. The second-order valence-corrected chi connectivity index (χ2v) is 5.16. The molecule has 1 aromatic carbocycles. The monoisotopic (exact) mass is 257 g/mol. The molecule has 1 N–H and O–H groups in total. The fraction of sp³-hybridized carbons (Fsp3) is 0.364. The highest BCUT2D eigenvalue weighted by molar-refractivity contribution is 7.99. The molecule has 0 saturated carbocycles. The zero-order chi connectivity index (χ0) is 11.5. The van der Waals surface area contributed by atoms with Gasteiger partial charge in [-0.15, -0.1) is 11.8 Å². The lowest BCUT2D eigenvalue weighted by Crippen LogP contribution is -2.31. The second-order valence-electron chi connectivity index (χ2n) is 3.59. The molecule has 16 heavy (non-hydrogen) atoms. The summed E-state index contributed by atoms with van der Waals surface area (Å²) >= 11 is 7.69. The van der Waals surface area contributed by atoms with Crippen LogP contribution in [-0.2, 0) is 4.79 Å². The van der Waals surface area contributed by atoms with Gasteiger partial charge in [0.15, 0.2) is 0 Å². The van der Waals surface area contributed by atoms with Crippen molar-refractivity contribution < 1.29 is 9.90 Å².